The number of aryl methyl sites for hydroxylation is 1. The van der Waals surface area contributed by atoms with E-state index in [4.69, 9.17) is 0 Å². The van der Waals surface area contributed by atoms with Gasteiger partial charge in [0, 0.05) is 12.4 Å². The zero-order chi connectivity index (χ0) is 10.4. The lowest BCUT2D eigenvalue weighted by molar-refractivity contribution is 1.46. The Morgan fingerprint density at radius 3 is 2.43 bits per heavy atom. The number of nitrogens with zero attached hydrogens (tertiary/aromatic N) is 1. The van der Waals surface area contributed by atoms with Crippen LogP contribution in [-0.2, 0) is 0 Å². The fourth-order valence-corrected chi connectivity index (χ4v) is 1.19. The number of benzene rings is 1. The first-order valence-electron chi connectivity index (χ1n) is 4.65. The average Bonchev–Trinajstić information content (AvgIpc) is 2.21. The third kappa shape index (κ3) is 2.70. The highest BCUT2D eigenvalue weighted by Crippen LogP contribution is 2.13. The molecule has 14 heavy (non-hydrogen) atoms. The van der Waals surface area contributed by atoms with Crippen molar-refractivity contribution in [3.05, 3.63) is 54.2 Å². The van der Waals surface area contributed by atoms with Crippen LogP contribution in [0.4, 0.5) is 0 Å². The summed E-state index contributed by atoms with van der Waals surface area (Å²) in [6.45, 7) is 7.63. The molecular formula is C13H15N. The summed E-state index contributed by atoms with van der Waals surface area (Å²) in [5.74, 6) is 0. The van der Waals surface area contributed by atoms with Gasteiger partial charge in [0.1, 0.15) is 0 Å². The second-order valence-electron chi connectivity index (χ2n) is 3.07. The molecule has 0 spiro atoms. The quantitative estimate of drug-likeness (QED) is 0.638. The van der Waals surface area contributed by atoms with Gasteiger partial charge in [-0.05, 0) is 25.0 Å². The van der Waals surface area contributed by atoms with Crippen LogP contribution in [0.5, 0.6) is 0 Å². The molecule has 0 heterocycles. The van der Waals surface area contributed by atoms with Crippen LogP contribution >= 0.6 is 0 Å². The fourth-order valence-electron chi connectivity index (χ4n) is 1.19. The van der Waals surface area contributed by atoms with E-state index >= 15 is 0 Å². The van der Waals surface area contributed by atoms with Crippen LogP contribution in [0.1, 0.15) is 18.1 Å². The van der Waals surface area contributed by atoms with Crippen molar-refractivity contribution in [2.75, 3.05) is 0 Å². The summed E-state index contributed by atoms with van der Waals surface area (Å²) in [6, 6.07) is 8.39. The summed E-state index contributed by atoms with van der Waals surface area (Å²) < 4.78 is 0. The molecule has 0 N–H and O–H groups in total. The van der Waals surface area contributed by atoms with E-state index in [1.54, 1.807) is 0 Å². The normalized spacial score (nSPS) is 12.0. The van der Waals surface area contributed by atoms with Crippen molar-refractivity contribution in [1.29, 1.82) is 0 Å². The molecule has 0 amide bonds. The van der Waals surface area contributed by atoms with Gasteiger partial charge < -0.3 is 0 Å². The number of allylic oxidation sites excluding steroid dienone is 2. The standard InChI is InChI=1S/C13H15N/c1-4-12(10-14-5-2)13-8-6-11(3)7-9-13/h4-10H,2H2,1,3H3/b12-4+,14-10-. The molecule has 0 fully saturated rings. The van der Waals surface area contributed by atoms with Gasteiger partial charge in [0.15, 0.2) is 0 Å². The van der Waals surface area contributed by atoms with Crippen molar-refractivity contribution in [1.82, 2.24) is 0 Å². The Hall–Kier alpha value is -1.63. The first-order chi connectivity index (χ1) is 6.77. The summed E-state index contributed by atoms with van der Waals surface area (Å²) >= 11 is 0. The molecule has 1 nitrogen and oxygen atoms in total. The molecule has 0 bridgehead atoms. The molecule has 1 heteroatoms. The molecule has 0 radical (unpaired) electrons. The van der Waals surface area contributed by atoms with Crippen LogP contribution in [0.25, 0.3) is 5.57 Å². The van der Waals surface area contributed by atoms with Gasteiger partial charge >= 0.3 is 0 Å². The minimum Gasteiger partial charge on any atom is -0.265 e. The van der Waals surface area contributed by atoms with Gasteiger partial charge in [-0.25, -0.2) is 0 Å². The fraction of sp³-hybridized carbons (Fsp3) is 0.154. The van der Waals surface area contributed by atoms with Crippen LogP contribution in [0, 0.1) is 6.92 Å². The first-order valence-corrected chi connectivity index (χ1v) is 4.65. The molecule has 0 aliphatic heterocycles. The molecule has 0 aromatic heterocycles. The summed E-state index contributed by atoms with van der Waals surface area (Å²) in [5, 5.41) is 0. The molecule has 0 atom stereocenters. The Labute approximate surface area is 85.5 Å². The van der Waals surface area contributed by atoms with Gasteiger partial charge in [0.25, 0.3) is 0 Å². The molecule has 1 aromatic carbocycles. The lowest BCUT2D eigenvalue weighted by Crippen LogP contribution is -1.85. The van der Waals surface area contributed by atoms with Gasteiger partial charge in [-0.15, -0.1) is 0 Å². The van der Waals surface area contributed by atoms with Gasteiger partial charge in [0.2, 0.25) is 0 Å². The Bertz CT molecular complexity index is 355. The SMILES string of the molecule is C=C/N=C\C(=C/C)c1ccc(C)cc1. The minimum absolute atomic E-state index is 1.12. The molecule has 0 saturated heterocycles. The molecule has 1 aromatic rings. The van der Waals surface area contributed by atoms with Crippen LogP contribution in [-0.4, -0.2) is 6.21 Å². The van der Waals surface area contributed by atoms with Gasteiger partial charge in [0.05, 0.1) is 0 Å². The smallest absolute Gasteiger partial charge is 0.0342 e. The molecule has 72 valence electrons. The van der Waals surface area contributed by atoms with Crippen molar-refractivity contribution in [3.63, 3.8) is 0 Å². The van der Waals surface area contributed by atoms with E-state index in [-0.39, 0.29) is 0 Å². The van der Waals surface area contributed by atoms with E-state index in [0.717, 1.165) is 5.57 Å². The summed E-state index contributed by atoms with van der Waals surface area (Å²) in [7, 11) is 0. The van der Waals surface area contributed by atoms with Crippen molar-refractivity contribution < 1.29 is 0 Å². The molecule has 0 unspecified atom stereocenters. The van der Waals surface area contributed by atoms with Crippen molar-refractivity contribution in [2.45, 2.75) is 13.8 Å². The van der Waals surface area contributed by atoms with Crippen molar-refractivity contribution in [3.8, 4) is 0 Å². The first kappa shape index (κ1) is 10.5. The lowest BCUT2D eigenvalue weighted by atomic mass is 10.1. The minimum atomic E-state index is 1.12. The second-order valence-corrected chi connectivity index (χ2v) is 3.07. The predicted octanol–water partition coefficient (Wildman–Crippen LogP) is 3.61. The van der Waals surface area contributed by atoms with Gasteiger partial charge in [-0.3, -0.25) is 4.99 Å². The number of aliphatic imine (C=N–C) groups is 1. The summed E-state index contributed by atoms with van der Waals surface area (Å²) in [5.41, 5.74) is 3.57. The average molecular weight is 185 g/mol. The number of rotatable bonds is 3. The summed E-state index contributed by atoms with van der Waals surface area (Å²) in [4.78, 5) is 4.01. The van der Waals surface area contributed by atoms with Crippen LogP contribution < -0.4 is 0 Å². The van der Waals surface area contributed by atoms with Crippen LogP contribution in [0.3, 0.4) is 0 Å². The molecule has 0 aliphatic rings. The highest BCUT2D eigenvalue weighted by atomic mass is 14.7. The zero-order valence-corrected chi connectivity index (χ0v) is 8.70. The van der Waals surface area contributed by atoms with E-state index in [1.165, 1.54) is 17.3 Å². The third-order valence-electron chi connectivity index (χ3n) is 2.01. The topological polar surface area (TPSA) is 12.4 Å². The molecule has 0 aliphatic carbocycles. The van der Waals surface area contributed by atoms with Crippen LogP contribution in [0.2, 0.25) is 0 Å². The maximum Gasteiger partial charge on any atom is 0.0342 e. The summed E-state index contributed by atoms with van der Waals surface area (Å²) in [6.07, 6.45) is 5.40. The van der Waals surface area contributed by atoms with E-state index in [2.05, 4.69) is 42.8 Å². The molecular weight excluding hydrogens is 170 g/mol. The Kier molecular flexibility index (Phi) is 3.86. The largest absolute Gasteiger partial charge is 0.265 e. The number of hydrogen-bond donors (Lipinski definition) is 0. The highest BCUT2D eigenvalue weighted by molar-refractivity contribution is 6.09. The third-order valence-corrected chi connectivity index (χ3v) is 2.01. The van der Waals surface area contributed by atoms with E-state index in [0.29, 0.717) is 0 Å². The van der Waals surface area contributed by atoms with E-state index < -0.39 is 0 Å². The van der Waals surface area contributed by atoms with Crippen LogP contribution in [0.15, 0.2) is 48.1 Å². The van der Waals surface area contributed by atoms with Crippen molar-refractivity contribution >= 4 is 11.8 Å². The second kappa shape index (κ2) is 5.18. The Morgan fingerprint density at radius 1 is 1.29 bits per heavy atom. The Morgan fingerprint density at radius 2 is 1.93 bits per heavy atom. The van der Waals surface area contributed by atoms with E-state index in [9.17, 15) is 0 Å². The maximum atomic E-state index is 4.01. The predicted molar refractivity (Wildman–Crippen MR) is 63.5 cm³/mol. The van der Waals surface area contributed by atoms with Crippen molar-refractivity contribution in [2.24, 2.45) is 4.99 Å². The highest BCUT2D eigenvalue weighted by Gasteiger charge is 1.95. The zero-order valence-electron chi connectivity index (χ0n) is 8.70. The van der Waals surface area contributed by atoms with E-state index in [1.807, 2.05) is 19.2 Å². The number of hydrogen-bond acceptors (Lipinski definition) is 1. The van der Waals surface area contributed by atoms with Gasteiger partial charge in [-0.2, -0.15) is 0 Å². The monoisotopic (exact) mass is 185 g/mol. The maximum absolute atomic E-state index is 4.01. The lowest BCUT2D eigenvalue weighted by Gasteiger charge is -2.01. The Balaban J connectivity index is 2.96. The van der Waals surface area contributed by atoms with Gasteiger partial charge in [-0.1, -0.05) is 42.5 Å². The molecule has 0 saturated carbocycles. The molecule has 1 rings (SSSR count).